The lowest BCUT2D eigenvalue weighted by molar-refractivity contribution is -0.00923. The van der Waals surface area contributed by atoms with E-state index >= 15 is 0 Å². The standard InChI is InChI=1S/C18H26N2O5/c1-18(2,20-4-6-23-7-5-20)12-19-17(21)13-10-14(22-3)16-15(11-13)24-8-9-25-16/h10-11H,4-9,12H2,1-3H3,(H,19,21). The van der Waals surface area contributed by atoms with Crippen LogP contribution in [0.15, 0.2) is 12.1 Å². The van der Waals surface area contributed by atoms with Gasteiger partial charge in [0, 0.05) is 30.7 Å². The van der Waals surface area contributed by atoms with Crippen LogP contribution in [0.2, 0.25) is 0 Å². The number of nitrogens with one attached hydrogen (secondary N) is 1. The molecule has 1 amide bonds. The zero-order chi connectivity index (χ0) is 17.9. The Morgan fingerprint density at radius 3 is 2.64 bits per heavy atom. The summed E-state index contributed by atoms with van der Waals surface area (Å²) in [5, 5.41) is 3.02. The highest BCUT2D eigenvalue weighted by molar-refractivity contribution is 5.95. The lowest BCUT2D eigenvalue weighted by atomic mass is 10.0. The summed E-state index contributed by atoms with van der Waals surface area (Å²) in [5.41, 5.74) is 0.357. The van der Waals surface area contributed by atoms with Crippen molar-refractivity contribution in [2.24, 2.45) is 0 Å². The first-order chi connectivity index (χ1) is 12.0. The molecule has 0 aliphatic carbocycles. The molecular formula is C18H26N2O5. The first kappa shape index (κ1) is 17.8. The van der Waals surface area contributed by atoms with E-state index in [1.165, 1.54) is 0 Å². The van der Waals surface area contributed by atoms with E-state index in [1.54, 1.807) is 19.2 Å². The number of carbonyl (C=O) groups is 1. The van der Waals surface area contributed by atoms with Gasteiger partial charge in [0.1, 0.15) is 13.2 Å². The first-order valence-electron chi connectivity index (χ1n) is 8.60. The smallest absolute Gasteiger partial charge is 0.251 e. The summed E-state index contributed by atoms with van der Waals surface area (Å²) in [6.07, 6.45) is 0. The van der Waals surface area contributed by atoms with Gasteiger partial charge < -0.3 is 24.3 Å². The van der Waals surface area contributed by atoms with Crippen LogP contribution in [0.3, 0.4) is 0 Å². The van der Waals surface area contributed by atoms with Gasteiger partial charge in [-0.25, -0.2) is 0 Å². The number of amides is 1. The van der Waals surface area contributed by atoms with Crippen LogP contribution in [0.5, 0.6) is 17.2 Å². The molecule has 1 fully saturated rings. The van der Waals surface area contributed by atoms with Gasteiger partial charge in [0.2, 0.25) is 5.75 Å². The van der Waals surface area contributed by atoms with Gasteiger partial charge in [-0.05, 0) is 26.0 Å². The van der Waals surface area contributed by atoms with Crippen molar-refractivity contribution in [3.8, 4) is 17.2 Å². The van der Waals surface area contributed by atoms with Crippen LogP contribution in [-0.2, 0) is 4.74 Å². The number of hydrogen-bond donors (Lipinski definition) is 1. The average Bonchev–Trinajstić information content (AvgIpc) is 2.66. The highest BCUT2D eigenvalue weighted by Gasteiger charge is 2.29. The van der Waals surface area contributed by atoms with Gasteiger partial charge in [-0.2, -0.15) is 0 Å². The van der Waals surface area contributed by atoms with Crippen LogP contribution in [0.1, 0.15) is 24.2 Å². The topological polar surface area (TPSA) is 69.3 Å². The molecule has 0 atom stereocenters. The van der Waals surface area contributed by atoms with Crippen molar-refractivity contribution in [3.05, 3.63) is 17.7 Å². The number of carbonyl (C=O) groups excluding carboxylic acids is 1. The third kappa shape index (κ3) is 3.99. The Morgan fingerprint density at radius 2 is 1.92 bits per heavy atom. The quantitative estimate of drug-likeness (QED) is 0.863. The maximum absolute atomic E-state index is 12.6. The number of nitrogens with zero attached hydrogens (tertiary/aromatic N) is 1. The Bertz CT molecular complexity index is 609. The Morgan fingerprint density at radius 1 is 1.20 bits per heavy atom. The van der Waals surface area contributed by atoms with Crippen molar-refractivity contribution < 1.29 is 23.7 Å². The van der Waals surface area contributed by atoms with E-state index in [0.29, 0.717) is 42.6 Å². The Hall–Kier alpha value is -1.99. The normalized spacial score (nSPS) is 17.9. The highest BCUT2D eigenvalue weighted by Crippen LogP contribution is 2.40. The molecule has 25 heavy (non-hydrogen) atoms. The van der Waals surface area contributed by atoms with Crippen molar-refractivity contribution >= 4 is 5.91 Å². The van der Waals surface area contributed by atoms with Crippen molar-refractivity contribution in [2.75, 3.05) is 53.2 Å². The molecule has 0 spiro atoms. The molecule has 7 nitrogen and oxygen atoms in total. The minimum atomic E-state index is -0.156. The lowest BCUT2D eigenvalue weighted by Gasteiger charge is -2.40. The van der Waals surface area contributed by atoms with E-state index in [2.05, 4.69) is 24.1 Å². The van der Waals surface area contributed by atoms with Crippen LogP contribution >= 0.6 is 0 Å². The lowest BCUT2D eigenvalue weighted by Crippen LogP contribution is -2.55. The number of benzene rings is 1. The molecule has 0 radical (unpaired) electrons. The summed E-state index contributed by atoms with van der Waals surface area (Å²) in [7, 11) is 1.55. The highest BCUT2D eigenvalue weighted by atomic mass is 16.6. The summed E-state index contributed by atoms with van der Waals surface area (Å²) < 4.78 is 21.9. The molecule has 2 aliphatic rings. The molecule has 0 bridgehead atoms. The zero-order valence-electron chi connectivity index (χ0n) is 15.1. The van der Waals surface area contributed by atoms with Gasteiger partial charge in [0.05, 0.1) is 20.3 Å². The van der Waals surface area contributed by atoms with Crippen LogP contribution in [0.4, 0.5) is 0 Å². The first-order valence-corrected chi connectivity index (χ1v) is 8.60. The SMILES string of the molecule is COc1cc(C(=O)NCC(C)(C)N2CCOCC2)cc2c1OCCO2. The Kier molecular flexibility index (Phi) is 5.34. The van der Waals surface area contributed by atoms with Crippen LogP contribution in [0, 0.1) is 0 Å². The number of methoxy groups -OCH3 is 1. The number of hydrogen-bond acceptors (Lipinski definition) is 6. The monoisotopic (exact) mass is 350 g/mol. The summed E-state index contributed by atoms with van der Waals surface area (Å²) in [6.45, 7) is 8.96. The van der Waals surface area contributed by atoms with Crippen LogP contribution in [0.25, 0.3) is 0 Å². The fourth-order valence-corrected chi connectivity index (χ4v) is 3.08. The van der Waals surface area contributed by atoms with E-state index in [4.69, 9.17) is 18.9 Å². The maximum Gasteiger partial charge on any atom is 0.251 e. The summed E-state index contributed by atoms with van der Waals surface area (Å²) in [6, 6.07) is 3.39. The van der Waals surface area contributed by atoms with Gasteiger partial charge in [0.15, 0.2) is 11.5 Å². The number of fused-ring (bicyclic) bond motifs is 1. The van der Waals surface area contributed by atoms with E-state index < -0.39 is 0 Å². The van der Waals surface area contributed by atoms with Crippen molar-refractivity contribution in [1.29, 1.82) is 0 Å². The van der Waals surface area contributed by atoms with Crippen LogP contribution in [-0.4, -0.2) is 69.5 Å². The fraction of sp³-hybridized carbons (Fsp3) is 0.611. The van der Waals surface area contributed by atoms with E-state index in [-0.39, 0.29) is 11.4 Å². The molecule has 0 aromatic heterocycles. The maximum atomic E-state index is 12.6. The summed E-state index contributed by atoms with van der Waals surface area (Å²) in [4.78, 5) is 15.0. The zero-order valence-corrected chi connectivity index (χ0v) is 15.1. The van der Waals surface area contributed by atoms with E-state index in [0.717, 1.165) is 26.3 Å². The summed E-state index contributed by atoms with van der Waals surface area (Å²) >= 11 is 0. The molecule has 1 N–H and O–H groups in total. The molecular weight excluding hydrogens is 324 g/mol. The van der Waals surface area contributed by atoms with Gasteiger partial charge in [0.25, 0.3) is 5.91 Å². The number of ether oxygens (including phenoxy) is 4. The average molecular weight is 350 g/mol. The number of morpholine rings is 1. The second kappa shape index (κ2) is 7.49. The molecule has 3 rings (SSSR count). The predicted molar refractivity (Wildman–Crippen MR) is 92.8 cm³/mol. The minimum Gasteiger partial charge on any atom is -0.493 e. The second-order valence-corrected chi connectivity index (χ2v) is 6.80. The molecule has 0 saturated carbocycles. The van der Waals surface area contributed by atoms with Gasteiger partial charge >= 0.3 is 0 Å². The Labute approximate surface area is 148 Å². The molecule has 1 aromatic rings. The van der Waals surface area contributed by atoms with E-state index in [9.17, 15) is 4.79 Å². The van der Waals surface area contributed by atoms with Crippen molar-refractivity contribution in [1.82, 2.24) is 10.2 Å². The molecule has 7 heteroatoms. The third-order valence-corrected chi connectivity index (χ3v) is 4.64. The molecule has 2 aliphatic heterocycles. The molecule has 1 saturated heterocycles. The number of rotatable bonds is 5. The molecule has 1 aromatic carbocycles. The molecule has 0 unspecified atom stereocenters. The van der Waals surface area contributed by atoms with Crippen LogP contribution < -0.4 is 19.5 Å². The second-order valence-electron chi connectivity index (χ2n) is 6.80. The third-order valence-electron chi connectivity index (χ3n) is 4.64. The van der Waals surface area contributed by atoms with Crippen molar-refractivity contribution in [3.63, 3.8) is 0 Å². The summed E-state index contributed by atoms with van der Waals surface area (Å²) in [5.74, 6) is 1.45. The van der Waals surface area contributed by atoms with E-state index in [1.807, 2.05) is 0 Å². The van der Waals surface area contributed by atoms with Crippen molar-refractivity contribution in [2.45, 2.75) is 19.4 Å². The minimum absolute atomic E-state index is 0.142. The predicted octanol–water partition coefficient (Wildman–Crippen LogP) is 1.31. The molecule has 138 valence electrons. The van der Waals surface area contributed by atoms with Gasteiger partial charge in [-0.15, -0.1) is 0 Å². The fourth-order valence-electron chi connectivity index (χ4n) is 3.08. The largest absolute Gasteiger partial charge is 0.493 e. The Balaban J connectivity index is 1.68. The molecule has 2 heterocycles. The van der Waals surface area contributed by atoms with Gasteiger partial charge in [-0.1, -0.05) is 0 Å². The van der Waals surface area contributed by atoms with Gasteiger partial charge in [-0.3, -0.25) is 9.69 Å².